The van der Waals surface area contributed by atoms with E-state index in [1.165, 1.54) is 0 Å². The highest BCUT2D eigenvalue weighted by Gasteiger charge is 2.35. The molecule has 1 aliphatic carbocycles. The second-order valence-electron chi connectivity index (χ2n) is 9.63. The summed E-state index contributed by atoms with van der Waals surface area (Å²) in [5, 5.41) is 7.77. The molecule has 1 aliphatic rings. The predicted molar refractivity (Wildman–Crippen MR) is 125 cm³/mol. The van der Waals surface area contributed by atoms with Crippen molar-refractivity contribution in [3.63, 3.8) is 0 Å². The normalized spacial score (nSPS) is 16.1. The van der Waals surface area contributed by atoms with Crippen LogP contribution < -0.4 is 5.32 Å². The van der Waals surface area contributed by atoms with Gasteiger partial charge in [0.05, 0.1) is 5.92 Å². The molecule has 1 saturated carbocycles. The number of halogens is 2. The Morgan fingerprint density at radius 1 is 1.18 bits per heavy atom. The fourth-order valence-corrected chi connectivity index (χ4v) is 3.73. The fourth-order valence-electron chi connectivity index (χ4n) is 3.73. The van der Waals surface area contributed by atoms with E-state index in [4.69, 9.17) is 4.74 Å². The van der Waals surface area contributed by atoms with Crippen LogP contribution in [0.4, 0.5) is 14.6 Å². The van der Waals surface area contributed by atoms with E-state index in [2.05, 4.69) is 15.4 Å². The van der Waals surface area contributed by atoms with Crippen LogP contribution in [0.15, 0.2) is 24.4 Å². The zero-order chi connectivity index (χ0) is 24.9. The number of esters is 1. The van der Waals surface area contributed by atoms with Gasteiger partial charge in [-0.25, -0.2) is 18.4 Å². The van der Waals surface area contributed by atoms with Crippen LogP contribution in [0.1, 0.15) is 71.1 Å². The van der Waals surface area contributed by atoms with Gasteiger partial charge in [0.25, 0.3) is 0 Å². The van der Waals surface area contributed by atoms with Crippen molar-refractivity contribution in [3.05, 3.63) is 35.7 Å². The smallest absolute Gasteiger partial charge is 0.308 e. The van der Waals surface area contributed by atoms with Crippen molar-refractivity contribution >= 4 is 17.6 Å². The van der Waals surface area contributed by atoms with Crippen molar-refractivity contribution in [2.24, 2.45) is 11.8 Å². The summed E-state index contributed by atoms with van der Waals surface area (Å²) in [5.74, 6) is -1.86. The Labute approximate surface area is 199 Å². The zero-order valence-corrected chi connectivity index (χ0v) is 20.3. The minimum Gasteiger partial charge on any atom is -0.459 e. The third kappa shape index (κ3) is 7.33. The Balaban J connectivity index is 1.78. The summed E-state index contributed by atoms with van der Waals surface area (Å²) < 4.78 is 33.9. The molecule has 0 radical (unpaired) electrons. The highest BCUT2D eigenvalue weighted by atomic mass is 19.3. The topological polar surface area (TPSA) is 86.1 Å². The van der Waals surface area contributed by atoms with E-state index in [1.54, 1.807) is 30.8 Å². The summed E-state index contributed by atoms with van der Waals surface area (Å²) in [6.07, 6.45) is 3.14. The number of nitrogens with zero attached hydrogens (tertiary/aromatic N) is 3. The Hall–Kier alpha value is -2.84. The standard InChI is InChI=1S/C25H34F2N4O3/c1-16(2)21(32)6-5-18-13-22(28-19-7-10-25(26,27)11-8-19)29-23(14-18)31-12-9-20(30-31)15-34-24(33)17(3)4/h9,12-14,16-17,19H,5-8,10-11,15H2,1-4H3,(H,28,29). The van der Waals surface area contributed by atoms with E-state index >= 15 is 0 Å². The van der Waals surface area contributed by atoms with Crippen molar-refractivity contribution < 1.29 is 23.1 Å². The summed E-state index contributed by atoms with van der Waals surface area (Å²) in [4.78, 5) is 28.5. The predicted octanol–water partition coefficient (Wildman–Crippen LogP) is 5.11. The minimum absolute atomic E-state index is 0.0370. The van der Waals surface area contributed by atoms with Crippen LogP contribution in [0.3, 0.4) is 0 Å². The van der Waals surface area contributed by atoms with Gasteiger partial charge in [0.2, 0.25) is 5.92 Å². The molecule has 2 heterocycles. The molecule has 0 amide bonds. The molecule has 0 unspecified atom stereocenters. The van der Waals surface area contributed by atoms with Crippen molar-refractivity contribution in [1.29, 1.82) is 0 Å². The first-order chi connectivity index (χ1) is 16.0. The highest BCUT2D eigenvalue weighted by Crippen LogP contribution is 2.34. The van der Waals surface area contributed by atoms with Gasteiger partial charge in [0, 0.05) is 37.4 Å². The number of Topliss-reactive ketones (excluding diaryl/α,β-unsaturated/α-hetero) is 1. The van der Waals surface area contributed by atoms with Gasteiger partial charge < -0.3 is 10.1 Å². The van der Waals surface area contributed by atoms with Crippen molar-refractivity contribution in [2.45, 2.75) is 84.8 Å². The minimum atomic E-state index is -2.60. The lowest BCUT2D eigenvalue weighted by atomic mass is 9.92. The van der Waals surface area contributed by atoms with Gasteiger partial charge in [-0.3, -0.25) is 9.59 Å². The average molecular weight is 477 g/mol. The number of aryl methyl sites for hydroxylation is 1. The molecule has 2 aromatic rings. The lowest BCUT2D eigenvalue weighted by Crippen LogP contribution is -2.32. The molecule has 0 bridgehead atoms. The number of aromatic nitrogens is 3. The maximum absolute atomic E-state index is 13.5. The van der Waals surface area contributed by atoms with E-state index in [9.17, 15) is 18.4 Å². The van der Waals surface area contributed by atoms with E-state index in [1.807, 2.05) is 26.0 Å². The molecule has 2 aromatic heterocycles. The second kappa shape index (κ2) is 11.1. The first kappa shape index (κ1) is 25.8. The van der Waals surface area contributed by atoms with Crippen LogP contribution in [0.5, 0.6) is 0 Å². The number of carbonyl (C=O) groups excluding carboxylic acids is 2. The number of rotatable bonds is 10. The maximum atomic E-state index is 13.5. The Bertz CT molecular complexity index is 994. The van der Waals surface area contributed by atoms with Gasteiger partial charge in [-0.2, -0.15) is 5.10 Å². The van der Waals surface area contributed by atoms with Gasteiger partial charge in [-0.1, -0.05) is 27.7 Å². The molecule has 34 heavy (non-hydrogen) atoms. The van der Waals surface area contributed by atoms with E-state index in [0.29, 0.717) is 43.0 Å². The number of pyridine rings is 1. The van der Waals surface area contributed by atoms with Crippen molar-refractivity contribution in [2.75, 3.05) is 5.32 Å². The molecule has 1 fully saturated rings. The van der Waals surface area contributed by atoms with Crippen molar-refractivity contribution in [3.8, 4) is 5.82 Å². The number of hydrogen-bond acceptors (Lipinski definition) is 6. The van der Waals surface area contributed by atoms with Crippen LogP contribution >= 0.6 is 0 Å². The number of nitrogens with one attached hydrogen (secondary N) is 1. The molecule has 0 saturated heterocycles. The van der Waals surface area contributed by atoms with E-state index in [0.717, 1.165) is 5.56 Å². The Morgan fingerprint density at radius 3 is 2.53 bits per heavy atom. The van der Waals surface area contributed by atoms with Crippen LogP contribution in [0.25, 0.3) is 5.82 Å². The summed E-state index contributed by atoms with van der Waals surface area (Å²) in [7, 11) is 0. The van der Waals surface area contributed by atoms with E-state index < -0.39 is 5.92 Å². The fraction of sp³-hybridized carbons (Fsp3) is 0.600. The molecule has 0 spiro atoms. The van der Waals surface area contributed by atoms with Crippen LogP contribution in [0, 0.1) is 11.8 Å². The van der Waals surface area contributed by atoms with Crippen LogP contribution in [-0.2, 0) is 27.4 Å². The molecule has 0 aliphatic heterocycles. The number of hydrogen-bond donors (Lipinski definition) is 1. The van der Waals surface area contributed by atoms with Gasteiger partial charge in [0.15, 0.2) is 5.82 Å². The molecule has 7 nitrogen and oxygen atoms in total. The average Bonchev–Trinajstić information content (AvgIpc) is 3.26. The third-order valence-electron chi connectivity index (χ3n) is 5.96. The quantitative estimate of drug-likeness (QED) is 0.480. The second-order valence-corrected chi connectivity index (χ2v) is 9.63. The Morgan fingerprint density at radius 2 is 1.88 bits per heavy atom. The molecule has 3 rings (SSSR count). The molecule has 9 heteroatoms. The molecule has 0 atom stereocenters. The Kier molecular flexibility index (Phi) is 8.38. The van der Waals surface area contributed by atoms with Crippen molar-refractivity contribution in [1.82, 2.24) is 14.8 Å². The van der Waals surface area contributed by atoms with Gasteiger partial charge in [0.1, 0.15) is 23.9 Å². The van der Waals surface area contributed by atoms with Gasteiger partial charge in [-0.05, 0) is 43.0 Å². The number of ether oxygens (including phenoxy) is 1. The maximum Gasteiger partial charge on any atom is 0.308 e. The zero-order valence-electron chi connectivity index (χ0n) is 20.3. The third-order valence-corrected chi connectivity index (χ3v) is 5.96. The first-order valence-electron chi connectivity index (χ1n) is 11.9. The summed E-state index contributed by atoms with van der Waals surface area (Å²) in [6.45, 7) is 7.35. The summed E-state index contributed by atoms with van der Waals surface area (Å²) in [5.41, 5.74) is 1.49. The number of carbonyl (C=O) groups is 2. The lowest BCUT2D eigenvalue weighted by Gasteiger charge is -2.29. The van der Waals surface area contributed by atoms with Crippen LogP contribution in [0.2, 0.25) is 0 Å². The van der Waals surface area contributed by atoms with Gasteiger partial charge >= 0.3 is 5.97 Å². The molecule has 186 valence electrons. The largest absolute Gasteiger partial charge is 0.459 e. The monoisotopic (exact) mass is 476 g/mol. The molecular weight excluding hydrogens is 442 g/mol. The van der Waals surface area contributed by atoms with E-state index in [-0.39, 0.29) is 49.1 Å². The summed E-state index contributed by atoms with van der Waals surface area (Å²) in [6, 6.07) is 5.40. The number of alkyl halides is 2. The first-order valence-corrected chi connectivity index (χ1v) is 11.9. The number of ketones is 1. The molecular formula is C25H34F2N4O3. The number of anilines is 1. The van der Waals surface area contributed by atoms with Gasteiger partial charge in [-0.15, -0.1) is 0 Å². The highest BCUT2D eigenvalue weighted by molar-refractivity contribution is 5.80. The summed E-state index contributed by atoms with van der Waals surface area (Å²) >= 11 is 0. The van der Waals surface area contributed by atoms with Crippen LogP contribution in [-0.4, -0.2) is 38.5 Å². The SMILES string of the molecule is CC(C)C(=O)CCc1cc(NC2CCC(F)(F)CC2)nc(-n2ccc(COC(=O)C(C)C)n2)c1. The molecule has 1 N–H and O–H groups in total. The molecule has 0 aromatic carbocycles. The lowest BCUT2D eigenvalue weighted by molar-refractivity contribution is -0.148.